The molecule has 0 bridgehead atoms. The molecular weight excluding hydrogens is 406 g/mol. The molecule has 1 aliphatic heterocycles. The molecule has 3 heterocycles. The minimum atomic E-state index is -3.92. The summed E-state index contributed by atoms with van der Waals surface area (Å²) >= 11 is 0. The molecule has 0 saturated carbocycles. The van der Waals surface area contributed by atoms with Crippen LogP contribution in [0.15, 0.2) is 33.8 Å². The third-order valence-corrected chi connectivity index (χ3v) is 6.28. The summed E-state index contributed by atoms with van der Waals surface area (Å²) in [5, 5.41) is 9.39. The van der Waals surface area contributed by atoms with Gasteiger partial charge in [0.15, 0.2) is 5.82 Å². The Bertz CT molecular complexity index is 1200. The van der Waals surface area contributed by atoms with E-state index in [0.717, 1.165) is 11.1 Å². The van der Waals surface area contributed by atoms with Crippen molar-refractivity contribution in [2.75, 3.05) is 18.9 Å². The molecule has 10 heteroatoms. The molecule has 0 unspecified atom stereocenters. The average Bonchev–Trinajstić information content (AvgIpc) is 3.14. The van der Waals surface area contributed by atoms with Gasteiger partial charge in [-0.05, 0) is 61.4 Å². The molecule has 1 fully saturated rings. The van der Waals surface area contributed by atoms with Gasteiger partial charge in [-0.15, -0.1) is 0 Å². The summed E-state index contributed by atoms with van der Waals surface area (Å²) in [7, 11) is -3.92. The van der Waals surface area contributed by atoms with E-state index in [-0.39, 0.29) is 22.5 Å². The number of benzene rings is 1. The van der Waals surface area contributed by atoms with Crippen molar-refractivity contribution in [3.63, 3.8) is 0 Å². The average molecular weight is 430 g/mol. The van der Waals surface area contributed by atoms with E-state index >= 15 is 0 Å². The normalized spacial score (nSPS) is 15.4. The molecule has 0 radical (unpaired) electrons. The fourth-order valence-corrected chi connectivity index (χ4v) is 4.76. The van der Waals surface area contributed by atoms with Gasteiger partial charge in [-0.1, -0.05) is 11.2 Å². The Morgan fingerprint density at radius 1 is 1.17 bits per heavy atom. The highest BCUT2D eigenvalue weighted by Crippen LogP contribution is 2.41. The maximum absolute atomic E-state index is 12.4. The van der Waals surface area contributed by atoms with Gasteiger partial charge >= 0.3 is 0 Å². The van der Waals surface area contributed by atoms with Crippen LogP contribution < -0.4 is 10.9 Å². The number of hydrogen-bond donors (Lipinski definition) is 2. The van der Waals surface area contributed by atoms with Gasteiger partial charge in [-0.3, -0.25) is 0 Å². The smallest absolute Gasteiger partial charge is 0.261 e. The summed E-state index contributed by atoms with van der Waals surface area (Å²) in [6.07, 6.45) is 3.04. The summed E-state index contributed by atoms with van der Waals surface area (Å²) in [6, 6.07) is 5.13. The number of hydrogen-bond acceptors (Lipinski definition) is 8. The van der Waals surface area contributed by atoms with E-state index in [0.29, 0.717) is 48.6 Å². The Labute approximate surface area is 174 Å². The fourth-order valence-electron chi connectivity index (χ4n) is 3.92. The van der Waals surface area contributed by atoms with Crippen LogP contribution >= 0.6 is 0 Å². The molecule has 0 amide bonds. The highest BCUT2D eigenvalue weighted by Gasteiger charge is 2.28. The lowest BCUT2D eigenvalue weighted by Gasteiger charge is -2.27. The standard InChI is InChI=1S/C20H23N5O4S/c1-11-3-4-16(30(22,26)27)18(13-5-7-28-8-6-13)17(11)14-9-15(19(21)23-10-14)20-24-12(2)25-29-20/h3-4,9-10,13H,5-8H2,1-2H3,(H2,21,23)(H2,22,26,27). The summed E-state index contributed by atoms with van der Waals surface area (Å²) in [5.74, 6) is 0.973. The maximum Gasteiger partial charge on any atom is 0.261 e. The van der Waals surface area contributed by atoms with Gasteiger partial charge in [0.25, 0.3) is 5.89 Å². The third kappa shape index (κ3) is 3.81. The van der Waals surface area contributed by atoms with Crippen LogP contribution in [0.25, 0.3) is 22.6 Å². The van der Waals surface area contributed by atoms with Crippen LogP contribution in [0, 0.1) is 13.8 Å². The monoisotopic (exact) mass is 429 g/mol. The summed E-state index contributed by atoms with van der Waals surface area (Å²) in [4.78, 5) is 8.67. The summed E-state index contributed by atoms with van der Waals surface area (Å²) in [5.41, 5.74) is 9.63. The van der Waals surface area contributed by atoms with Crippen molar-refractivity contribution in [1.82, 2.24) is 15.1 Å². The van der Waals surface area contributed by atoms with Crippen molar-refractivity contribution in [3.05, 3.63) is 41.3 Å². The lowest BCUT2D eigenvalue weighted by molar-refractivity contribution is 0.0849. The Kier molecular flexibility index (Phi) is 5.31. The number of nitrogen functional groups attached to an aromatic ring is 1. The second-order valence-electron chi connectivity index (χ2n) is 7.40. The number of rotatable bonds is 4. The molecule has 1 aromatic carbocycles. The van der Waals surface area contributed by atoms with Crippen LogP contribution in [0.5, 0.6) is 0 Å². The Hall–Kier alpha value is -2.82. The molecule has 0 aliphatic carbocycles. The minimum absolute atomic E-state index is 0.00590. The van der Waals surface area contributed by atoms with Crippen LogP contribution in [-0.2, 0) is 14.8 Å². The molecule has 0 spiro atoms. The Morgan fingerprint density at radius 2 is 1.90 bits per heavy atom. The molecule has 2 aromatic heterocycles. The van der Waals surface area contributed by atoms with Crippen LogP contribution in [0.3, 0.4) is 0 Å². The van der Waals surface area contributed by atoms with E-state index in [9.17, 15) is 8.42 Å². The summed E-state index contributed by atoms with van der Waals surface area (Å²) in [6.45, 7) is 4.77. The van der Waals surface area contributed by atoms with E-state index in [1.165, 1.54) is 0 Å². The number of pyridine rings is 1. The number of nitrogens with zero attached hydrogens (tertiary/aromatic N) is 3. The quantitative estimate of drug-likeness (QED) is 0.643. The molecule has 4 N–H and O–H groups in total. The van der Waals surface area contributed by atoms with Gasteiger partial charge in [-0.25, -0.2) is 18.5 Å². The van der Waals surface area contributed by atoms with Gasteiger partial charge in [0.2, 0.25) is 10.0 Å². The second kappa shape index (κ2) is 7.78. The van der Waals surface area contributed by atoms with E-state index in [1.807, 2.05) is 6.92 Å². The molecule has 1 aliphatic rings. The van der Waals surface area contributed by atoms with Crippen molar-refractivity contribution >= 4 is 15.8 Å². The predicted molar refractivity (Wildman–Crippen MR) is 111 cm³/mol. The van der Waals surface area contributed by atoms with Crippen LogP contribution in [-0.4, -0.2) is 36.8 Å². The topological polar surface area (TPSA) is 147 Å². The van der Waals surface area contributed by atoms with Crippen LogP contribution in [0.1, 0.15) is 35.7 Å². The number of sulfonamides is 1. The van der Waals surface area contributed by atoms with Gasteiger partial charge in [-0.2, -0.15) is 4.98 Å². The van der Waals surface area contributed by atoms with E-state index in [2.05, 4.69) is 15.1 Å². The Balaban J connectivity index is 1.97. The first-order chi connectivity index (χ1) is 14.3. The fraction of sp³-hybridized carbons (Fsp3) is 0.350. The molecule has 4 rings (SSSR count). The van der Waals surface area contributed by atoms with Crippen molar-refractivity contribution < 1.29 is 17.7 Å². The number of nitrogens with two attached hydrogens (primary N) is 2. The van der Waals surface area contributed by atoms with E-state index in [1.54, 1.807) is 31.3 Å². The van der Waals surface area contributed by atoms with Gasteiger partial charge in [0.1, 0.15) is 5.82 Å². The zero-order chi connectivity index (χ0) is 21.5. The lowest BCUT2D eigenvalue weighted by Crippen LogP contribution is -2.21. The lowest BCUT2D eigenvalue weighted by atomic mass is 9.84. The maximum atomic E-state index is 12.4. The van der Waals surface area contributed by atoms with Crippen molar-refractivity contribution in [3.8, 4) is 22.6 Å². The zero-order valence-electron chi connectivity index (χ0n) is 16.8. The number of aromatic nitrogens is 3. The van der Waals surface area contributed by atoms with Crippen LogP contribution in [0.4, 0.5) is 5.82 Å². The van der Waals surface area contributed by atoms with Gasteiger partial charge in [0.05, 0.1) is 10.5 Å². The number of aryl methyl sites for hydroxylation is 2. The second-order valence-corrected chi connectivity index (χ2v) is 8.93. The highest BCUT2D eigenvalue weighted by molar-refractivity contribution is 7.89. The highest BCUT2D eigenvalue weighted by atomic mass is 32.2. The molecule has 1 saturated heterocycles. The molecule has 3 aromatic rings. The van der Waals surface area contributed by atoms with E-state index < -0.39 is 10.0 Å². The van der Waals surface area contributed by atoms with Crippen molar-refractivity contribution in [1.29, 1.82) is 0 Å². The first-order valence-corrected chi connectivity index (χ1v) is 11.1. The van der Waals surface area contributed by atoms with Crippen molar-refractivity contribution in [2.45, 2.75) is 37.5 Å². The molecule has 30 heavy (non-hydrogen) atoms. The third-order valence-electron chi connectivity index (χ3n) is 5.32. The van der Waals surface area contributed by atoms with Gasteiger partial charge in [0, 0.05) is 25.0 Å². The number of ether oxygens (including phenoxy) is 1. The largest absolute Gasteiger partial charge is 0.383 e. The number of anilines is 1. The predicted octanol–water partition coefficient (Wildman–Crippen LogP) is 2.54. The van der Waals surface area contributed by atoms with E-state index in [4.69, 9.17) is 20.1 Å². The van der Waals surface area contributed by atoms with Crippen LogP contribution in [0.2, 0.25) is 0 Å². The first kappa shape index (κ1) is 20.5. The van der Waals surface area contributed by atoms with Gasteiger partial charge < -0.3 is 15.0 Å². The molecular formula is C20H23N5O4S. The molecule has 158 valence electrons. The minimum Gasteiger partial charge on any atom is -0.383 e. The number of primary sulfonamides is 1. The van der Waals surface area contributed by atoms with Crippen molar-refractivity contribution in [2.24, 2.45) is 5.14 Å². The summed E-state index contributed by atoms with van der Waals surface area (Å²) < 4.78 is 35.6. The first-order valence-electron chi connectivity index (χ1n) is 9.56. The molecule has 0 atom stereocenters. The Morgan fingerprint density at radius 3 is 2.53 bits per heavy atom. The molecule has 9 nitrogen and oxygen atoms in total. The SMILES string of the molecule is Cc1noc(-c2cc(-c3c(C)ccc(S(N)(=O)=O)c3C3CCOCC3)cnc2N)n1. The zero-order valence-corrected chi connectivity index (χ0v) is 17.6.